The number of carbonyl (C=O) groups is 6. The molecule has 368 valence electrons. The van der Waals surface area contributed by atoms with Crippen molar-refractivity contribution in [3.05, 3.63) is 160 Å². The molecule has 6 rings (SSSR count). The second-order valence-corrected chi connectivity index (χ2v) is 16.6. The van der Waals surface area contributed by atoms with Gasteiger partial charge < -0.3 is 45.2 Å². The van der Waals surface area contributed by atoms with Crippen LogP contribution in [0.4, 0.5) is 18.9 Å². The number of anilines is 1. The van der Waals surface area contributed by atoms with E-state index >= 15 is 0 Å². The maximum atomic E-state index is 14.7. The highest BCUT2D eigenvalue weighted by Crippen LogP contribution is 2.40. The predicted molar refractivity (Wildman–Crippen MR) is 248 cm³/mol. The standard InChI is InChI=1S/C49H50N4O10.C2HF3O2/c1-49(2,3)63-45(56)35-17-10-16-33(26-35)28-52-44(55)42-38(21-23-40-43(42)59-25-11-18-34-27-36(53-48(50)51)19-20-37(34)47(58)62-40)39(46(57)61-30-32-14-8-5-9-15-32)22-24-41(54)60-29-31-12-6-4-7-13-31;3-2(4,5)1(6)7/h4-10,12-17,19-21,23,26-27,39H,11,18,22,24-25,28-30H2,1-3H3,(H,52,55)(H4,50,51,53);(H,6,7). The molecule has 1 unspecified atom stereocenters. The quantitative estimate of drug-likeness (QED) is 0.0231. The first kappa shape index (κ1) is 52.7. The van der Waals surface area contributed by atoms with Crippen LogP contribution in [0, 0.1) is 5.41 Å². The van der Waals surface area contributed by atoms with Crippen LogP contribution in [0.25, 0.3) is 0 Å². The van der Waals surface area contributed by atoms with Crippen molar-refractivity contribution in [1.29, 1.82) is 5.41 Å². The average molecular weight is 969 g/mol. The van der Waals surface area contributed by atoms with Crippen LogP contribution < -0.4 is 25.8 Å². The number of hydrogen-bond donors (Lipinski definition) is 5. The Morgan fingerprint density at radius 1 is 0.829 bits per heavy atom. The van der Waals surface area contributed by atoms with Gasteiger partial charge in [-0.05, 0) is 104 Å². The highest BCUT2D eigenvalue weighted by Gasteiger charge is 2.38. The minimum Gasteiger partial charge on any atom is -0.489 e. The van der Waals surface area contributed by atoms with Crippen molar-refractivity contribution in [2.75, 3.05) is 11.9 Å². The van der Waals surface area contributed by atoms with Gasteiger partial charge in [-0.1, -0.05) is 78.9 Å². The smallest absolute Gasteiger partial charge is 0.489 e. The number of rotatable bonds is 14. The van der Waals surface area contributed by atoms with E-state index in [1.54, 1.807) is 75.4 Å². The lowest BCUT2D eigenvalue weighted by Crippen LogP contribution is -2.28. The highest BCUT2D eigenvalue weighted by molar-refractivity contribution is 6.02. The van der Waals surface area contributed by atoms with E-state index < -0.39 is 53.4 Å². The van der Waals surface area contributed by atoms with Crippen LogP contribution in [-0.4, -0.2) is 65.2 Å². The molecule has 1 heterocycles. The number of fused-ring (bicyclic) bond motifs is 2. The molecule has 0 spiro atoms. The molecule has 0 saturated carbocycles. The van der Waals surface area contributed by atoms with Crippen LogP contribution in [0.15, 0.2) is 115 Å². The Balaban J connectivity index is 0.00000121. The summed E-state index contributed by atoms with van der Waals surface area (Å²) in [6.45, 7) is 5.25. The zero-order chi connectivity index (χ0) is 51.0. The summed E-state index contributed by atoms with van der Waals surface area (Å²) in [4.78, 5) is 77.7. The van der Waals surface area contributed by atoms with Gasteiger partial charge in [-0.25, -0.2) is 14.4 Å². The monoisotopic (exact) mass is 968 g/mol. The topological polar surface area (TPSA) is 243 Å². The third kappa shape index (κ3) is 16.0. The molecule has 1 atom stereocenters. The van der Waals surface area contributed by atoms with Crippen molar-refractivity contribution < 1.29 is 70.7 Å². The van der Waals surface area contributed by atoms with E-state index in [9.17, 15) is 37.1 Å². The number of carboxylic acids is 1. The third-order valence-electron chi connectivity index (χ3n) is 10.0. The first-order valence-corrected chi connectivity index (χ1v) is 21.7. The van der Waals surface area contributed by atoms with E-state index in [4.69, 9.17) is 44.7 Å². The summed E-state index contributed by atoms with van der Waals surface area (Å²) in [6.07, 6.45) is -4.65. The fourth-order valence-electron chi connectivity index (χ4n) is 6.87. The van der Waals surface area contributed by atoms with Gasteiger partial charge >= 0.3 is 36.0 Å². The summed E-state index contributed by atoms with van der Waals surface area (Å²) in [7, 11) is 0. The number of aliphatic carboxylic acids is 1. The Hall–Kier alpha value is -8.22. The minimum atomic E-state index is -5.08. The molecule has 0 fully saturated rings. The highest BCUT2D eigenvalue weighted by atomic mass is 19.4. The number of amides is 1. The van der Waals surface area contributed by atoms with Gasteiger partial charge in [0.05, 0.1) is 29.2 Å². The van der Waals surface area contributed by atoms with Crippen molar-refractivity contribution in [3.8, 4) is 11.5 Å². The van der Waals surface area contributed by atoms with Crippen molar-refractivity contribution >= 4 is 47.4 Å². The molecule has 70 heavy (non-hydrogen) atoms. The molecule has 0 aliphatic carbocycles. The van der Waals surface area contributed by atoms with E-state index in [1.165, 1.54) is 12.1 Å². The molecule has 19 heteroatoms. The van der Waals surface area contributed by atoms with Gasteiger partial charge in [-0.15, -0.1) is 0 Å². The van der Waals surface area contributed by atoms with Crippen LogP contribution in [0.3, 0.4) is 0 Å². The van der Waals surface area contributed by atoms with Crippen molar-refractivity contribution in [2.24, 2.45) is 5.73 Å². The minimum absolute atomic E-state index is 0.0291. The van der Waals surface area contributed by atoms with E-state index in [-0.39, 0.29) is 78.9 Å². The lowest BCUT2D eigenvalue weighted by molar-refractivity contribution is -0.192. The van der Waals surface area contributed by atoms with Crippen LogP contribution in [-0.2, 0) is 54.8 Å². The zero-order valence-electron chi connectivity index (χ0n) is 38.4. The van der Waals surface area contributed by atoms with Crippen LogP contribution in [0.2, 0.25) is 0 Å². The second kappa shape index (κ2) is 24.2. The number of hydrogen-bond acceptors (Lipinski definition) is 12. The maximum Gasteiger partial charge on any atom is 0.490 e. The fraction of sp³-hybridized carbons (Fsp3) is 0.275. The van der Waals surface area contributed by atoms with E-state index in [2.05, 4.69) is 10.6 Å². The lowest BCUT2D eigenvalue weighted by Gasteiger charge is -2.24. The van der Waals surface area contributed by atoms with E-state index in [0.717, 1.165) is 11.1 Å². The molecule has 0 bridgehead atoms. The Bertz CT molecular complexity index is 2690. The molecule has 1 aliphatic heterocycles. The molecular formula is C51H51F3N4O12. The Morgan fingerprint density at radius 2 is 1.46 bits per heavy atom. The maximum absolute atomic E-state index is 14.7. The lowest BCUT2D eigenvalue weighted by atomic mass is 9.89. The van der Waals surface area contributed by atoms with Gasteiger partial charge in [0.2, 0.25) is 0 Å². The molecule has 6 N–H and O–H groups in total. The number of halogens is 3. The zero-order valence-corrected chi connectivity index (χ0v) is 38.4. The molecule has 5 aromatic rings. The average Bonchev–Trinajstić information content (AvgIpc) is 3.31. The van der Waals surface area contributed by atoms with E-state index in [1.807, 2.05) is 48.5 Å². The number of nitrogens with one attached hydrogen (secondary N) is 3. The van der Waals surface area contributed by atoms with Gasteiger partial charge in [-0.2, -0.15) is 13.2 Å². The van der Waals surface area contributed by atoms with Gasteiger partial charge in [0.1, 0.15) is 18.8 Å². The predicted octanol–water partition coefficient (Wildman–Crippen LogP) is 8.41. The van der Waals surface area contributed by atoms with Crippen molar-refractivity contribution in [3.63, 3.8) is 0 Å². The summed E-state index contributed by atoms with van der Waals surface area (Å²) in [5, 5.41) is 20.4. The number of ether oxygens (including phenoxy) is 5. The second-order valence-electron chi connectivity index (χ2n) is 16.6. The van der Waals surface area contributed by atoms with Gasteiger partial charge in [0.15, 0.2) is 17.5 Å². The first-order valence-electron chi connectivity index (χ1n) is 21.7. The van der Waals surface area contributed by atoms with Gasteiger partial charge in [0.25, 0.3) is 5.91 Å². The third-order valence-corrected chi connectivity index (χ3v) is 10.0. The first-order chi connectivity index (χ1) is 33.2. The van der Waals surface area contributed by atoms with Crippen molar-refractivity contribution in [1.82, 2.24) is 5.32 Å². The number of alkyl halides is 3. The largest absolute Gasteiger partial charge is 0.490 e. The summed E-state index contributed by atoms with van der Waals surface area (Å²) < 4.78 is 60.9. The number of carbonyl (C=O) groups excluding carboxylic acids is 5. The fourth-order valence-corrected chi connectivity index (χ4v) is 6.87. The van der Waals surface area contributed by atoms with Crippen LogP contribution in [0.1, 0.15) is 105 Å². The SMILES string of the molecule is CC(C)(C)OC(=O)c1cccc(CNC(=O)c2c(C(CCC(=O)OCc3ccccc3)C(=O)OCc3ccccc3)ccc3c2OCCCc2cc(NC(=N)N)ccc2C(=O)O3)c1.O=C(O)C(F)(F)F. The molecule has 1 amide bonds. The number of aryl methyl sites for hydroxylation is 1. The van der Waals surface area contributed by atoms with Gasteiger partial charge in [0, 0.05) is 18.7 Å². The number of nitrogens with two attached hydrogens (primary N) is 1. The van der Waals surface area contributed by atoms with Crippen molar-refractivity contribution in [2.45, 2.75) is 83.9 Å². The van der Waals surface area contributed by atoms with Crippen LogP contribution in [0.5, 0.6) is 11.5 Å². The normalized spacial score (nSPS) is 12.6. The summed E-state index contributed by atoms with van der Waals surface area (Å²) in [6, 6.07) is 32.7. The molecular weight excluding hydrogens is 918 g/mol. The number of carboxylic acid groups (broad SMARTS) is 1. The summed E-state index contributed by atoms with van der Waals surface area (Å²) in [5.41, 5.74) is 8.64. The Morgan fingerprint density at radius 3 is 2.07 bits per heavy atom. The Labute approximate surface area is 400 Å². The molecule has 0 saturated heterocycles. The molecule has 1 aliphatic rings. The number of guanidine groups is 1. The van der Waals surface area contributed by atoms with Crippen LogP contribution >= 0.6 is 0 Å². The molecule has 0 radical (unpaired) electrons. The summed E-state index contributed by atoms with van der Waals surface area (Å²) >= 11 is 0. The van der Waals surface area contributed by atoms with Gasteiger partial charge in [-0.3, -0.25) is 19.8 Å². The number of esters is 4. The molecule has 0 aromatic heterocycles. The summed E-state index contributed by atoms with van der Waals surface area (Å²) in [5.74, 6) is -7.63. The van der Waals surface area contributed by atoms with E-state index in [0.29, 0.717) is 29.7 Å². The number of benzene rings is 5. The molecule has 16 nitrogen and oxygen atoms in total. The Kier molecular flexibility index (Phi) is 18.2. The molecule has 5 aromatic carbocycles.